The topological polar surface area (TPSA) is 99.6 Å². The van der Waals surface area contributed by atoms with Crippen LogP contribution < -0.4 is 10.3 Å². The number of ether oxygens (including phenoxy) is 1. The number of alkyl halides is 3. The van der Waals surface area contributed by atoms with E-state index in [9.17, 15) is 32.5 Å². The molecule has 0 bridgehead atoms. The van der Waals surface area contributed by atoms with E-state index in [0.717, 1.165) is 29.1 Å². The number of nitrogens with zero attached hydrogens (tertiary/aromatic N) is 4. The number of nitro benzene ring substituents is 1. The molecule has 0 atom stereocenters. The number of benzene rings is 4. The van der Waals surface area contributed by atoms with Crippen molar-refractivity contribution in [1.82, 2.24) is 9.66 Å². The quantitative estimate of drug-likeness (QED) is 0.0801. The monoisotopic (exact) mass is 640 g/mol. The van der Waals surface area contributed by atoms with Crippen LogP contribution in [0.4, 0.5) is 23.2 Å². The third-order valence-electron chi connectivity index (χ3n) is 6.06. The van der Waals surface area contributed by atoms with E-state index < -0.39 is 33.7 Å². The van der Waals surface area contributed by atoms with Gasteiger partial charge in [0.2, 0.25) is 5.75 Å². The summed E-state index contributed by atoms with van der Waals surface area (Å²) in [5.74, 6) is -0.684. The molecule has 13 heteroatoms. The van der Waals surface area contributed by atoms with Crippen LogP contribution in [0.2, 0.25) is 0 Å². The van der Waals surface area contributed by atoms with Gasteiger partial charge >= 0.3 is 11.9 Å². The Kier molecular flexibility index (Phi) is 7.85. The minimum absolute atomic E-state index is 0.0125. The molecule has 0 saturated heterocycles. The summed E-state index contributed by atoms with van der Waals surface area (Å²) in [7, 11) is 0. The Hall–Kier alpha value is -4.91. The molecule has 0 aliphatic rings. The fraction of sp³-hybridized carbons (Fsp3) is 0.0690. The highest BCUT2D eigenvalue weighted by atomic mass is 79.9. The number of rotatable bonds is 7. The lowest BCUT2D eigenvalue weighted by molar-refractivity contribution is -0.386. The number of hydrogen-bond donors (Lipinski definition) is 0. The van der Waals surface area contributed by atoms with E-state index in [1.54, 1.807) is 18.2 Å². The average Bonchev–Trinajstić information content (AvgIpc) is 2.96. The van der Waals surface area contributed by atoms with E-state index in [-0.39, 0.29) is 44.7 Å². The third-order valence-corrected chi connectivity index (χ3v) is 6.65. The van der Waals surface area contributed by atoms with Crippen LogP contribution in [0.25, 0.3) is 22.3 Å². The minimum Gasteiger partial charge on any atom is -0.481 e. The maximum Gasteiger partial charge on any atom is 0.416 e. The lowest BCUT2D eigenvalue weighted by atomic mass is 10.1. The van der Waals surface area contributed by atoms with Crippen molar-refractivity contribution < 1.29 is 27.2 Å². The zero-order chi connectivity index (χ0) is 30.0. The first-order valence-corrected chi connectivity index (χ1v) is 12.9. The molecule has 0 aliphatic heterocycles. The van der Waals surface area contributed by atoms with Crippen molar-refractivity contribution in [3.8, 4) is 17.1 Å². The predicted molar refractivity (Wildman–Crippen MR) is 151 cm³/mol. The number of hydrogen-bond acceptors (Lipinski definition) is 6. The number of para-hydroxylation sites is 1. The largest absolute Gasteiger partial charge is 0.481 e. The van der Waals surface area contributed by atoms with E-state index in [0.29, 0.717) is 5.56 Å². The Labute approximate surface area is 242 Å². The van der Waals surface area contributed by atoms with Gasteiger partial charge in [0.05, 0.1) is 32.1 Å². The van der Waals surface area contributed by atoms with Gasteiger partial charge in [0, 0.05) is 17.2 Å². The Balaban J connectivity index is 1.57. The number of nitro groups is 1. The fourth-order valence-electron chi connectivity index (χ4n) is 4.07. The number of fused-ring (bicyclic) bond motifs is 1. The number of halogens is 5. The molecule has 5 aromatic rings. The average molecular weight is 641 g/mol. The normalized spacial score (nSPS) is 11.7. The second-order valence-electron chi connectivity index (χ2n) is 8.92. The maximum atomic E-state index is 13.4. The van der Waals surface area contributed by atoms with Gasteiger partial charge < -0.3 is 4.74 Å². The van der Waals surface area contributed by atoms with Gasteiger partial charge in [-0.1, -0.05) is 36.4 Å². The Bertz CT molecular complexity index is 1910. The molecule has 8 nitrogen and oxygen atoms in total. The van der Waals surface area contributed by atoms with Gasteiger partial charge in [-0.15, -0.1) is 0 Å². The molecule has 0 aliphatic carbocycles. The van der Waals surface area contributed by atoms with Crippen molar-refractivity contribution in [3.63, 3.8) is 0 Å². The zero-order valence-electron chi connectivity index (χ0n) is 21.2. The van der Waals surface area contributed by atoms with Gasteiger partial charge in [0.1, 0.15) is 12.4 Å². The van der Waals surface area contributed by atoms with Crippen LogP contribution in [-0.2, 0) is 12.8 Å². The molecule has 0 amide bonds. The van der Waals surface area contributed by atoms with Crippen LogP contribution in [0, 0.1) is 15.9 Å². The molecule has 0 spiro atoms. The molecule has 212 valence electrons. The first-order chi connectivity index (χ1) is 20.0. The van der Waals surface area contributed by atoms with Gasteiger partial charge in [-0.25, -0.2) is 9.37 Å². The predicted octanol–water partition coefficient (Wildman–Crippen LogP) is 7.35. The van der Waals surface area contributed by atoms with E-state index >= 15 is 0 Å². The minimum atomic E-state index is -4.63. The molecule has 1 heterocycles. The smallest absolute Gasteiger partial charge is 0.416 e. The van der Waals surface area contributed by atoms with Crippen LogP contribution in [0.5, 0.6) is 5.75 Å². The highest BCUT2D eigenvalue weighted by Crippen LogP contribution is 2.37. The van der Waals surface area contributed by atoms with Crippen molar-refractivity contribution in [2.45, 2.75) is 12.8 Å². The van der Waals surface area contributed by atoms with Gasteiger partial charge in [0.15, 0.2) is 5.82 Å². The standard InChI is InChI=1S/C29H17BrF4N4O4/c30-23-12-18(13-25(38(40)41)26(23)42-16-17-8-10-21(31)11-9-17)15-35-37-27(19-4-3-5-20(14-19)29(32,33)34)36-24-7-2-1-6-22(24)28(37)39/h1-15H,16H2. The Morgan fingerprint density at radius 3 is 2.48 bits per heavy atom. The van der Waals surface area contributed by atoms with E-state index in [1.807, 2.05) is 0 Å². The van der Waals surface area contributed by atoms with Crippen molar-refractivity contribution in [2.24, 2.45) is 5.10 Å². The van der Waals surface area contributed by atoms with Crippen LogP contribution in [0.1, 0.15) is 16.7 Å². The summed E-state index contributed by atoms with van der Waals surface area (Å²) in [6, 6.07) is 18.7. The summed E-state index contributed by atoms with van der Waals surface area (Å²) in [4.78, 5) is 29.0. The molecule has 0 N–H and O–H groups in total. The summed E-state index contributed by atoms with van der Waals surface area (Å²) in [6.07, 6.45) is -3.48. The molecule has 0 saturated carbocycles. The summed E-state index contributed by atoms with van der Waals surface area (Å²) >= 11 is 3.26. The summed E-state index contributed by atoms with van der Waals surface area (Å²) in [5.41, 5.74) is -1.02. The van der Waals surface area contributed by atoms with Crippen LogP contribution in [0.3, 0.4) is 0 Å². The first-order valence-electron chi connectivity index (χ1n) is 12.1. The first kappa shape index (κ1) is 28.6. The molecule has 0 unspecified atom stereocenters. The molecular weight excluding hydrogens is 624 g/mol. The van der Waals surface area contributed by atoms with Crippen LogP contribution >= 0.6 is 15.9 Å². The fourth-order valence-corrected chi connectivity index (χ4v) is 4.65. The highest BCUT2D eigenvalue weighted by Gasteiger charge is 2.31. The van der Waals surface area contributed by atoms with Crippen molar-refractivity contribution in [2.75, 3.05) is 0 Å². The molecule has 4 aromatic carbocycles. The van der Waals surface area contributed by atoms with Gasteiger partial charge in [0.25, 0.3) is 5.56 Å². The summed E-state index contributed by atoms with van der Waals surface area (Å²) in [6.45, 7) is -0.0777. The molecular formula is C29H17BrF4N4O4. The second-order valence-corrected chi connectivity index (χ2v) is 9.77. The van der Waals surface area contributed by atoms with Gasteiger partial charge in [-0.2, -0.15) is 22.9 Å². The maximum absolute atomic E-state index is 13.4. The molecule has 42 heavy (non-hydrogen) atoms. The second kappa shape index (κ2) is 11.5. The lowest BCUT2D eigenvalue weighted by Crippen LogP contribution is -2.20. The lowest BCUT2D eigenvalue weighted by Gasteiger charge is -2.12. The summed E-state index contributed by atoms with van der Waals surface area (Å²) < 4.78 is 60.1. The number of aromatic nitrogens is 2. The molecule has 5 rings (SSSR count). The van der Waals surface area contributed by atoms with Crippen molar-refractivity contribution >= 4 is 38.7 Å². The SMILES string of the molecule is O=c1c2ccccc2nc(-c2cccc(C(F)(F)F)c2)n1N=Cc1cc(Br)c(OCc2ccc(F)cc2)c([N+](=O)[O-])c1. The zero-order valence-corrected chi connectivity index (χ0v) is 22.8. The Morgan fingerprint density at radius 1 is 1.02 bits per heavy atom. The van der Waals surface area contributed by atoms with Crippen LogP contribution in [-0.4, -0.2) is 20.8 Å². The van der Waals surface area contributed by atoms with E-state index in [2.05, 4.69) is 26.0 Å². The molecule has 0 radical (unpaired) electrons. The Morgan fingerprint density at radius 2 is 1.76 bits per heavy atom. The van der Waals surface area contributed by atoms with Gasteiger partial charge in [-0.3, -0.25) is 14.9 Å². The van der Waals surface area contributed by atoms with Crippen molar-refractivity contribution in [3.05, 3.63) is 132 Å². The van der Waals surface area contributed by atoms with E-state index in [4.69, 9.17) is 4.74 Å². The third kappa shape index (κ3) is 6.05. The van der Waals surface area contributed by atoms with Gasteiger partial charge in [-0.05, 0) is 64.0 Å². The van der Waals surface area contributed by atoms with Crippen molar-refractivity contribution in [1.29, 1.82) is 0 Å². The summed E-state index contributed by atoms with van der Waals surface area (Å²) in [5, 5.41) is 16.2. The van der Waals surface area contributed by atoms with Crippen LogP contribution in [0.15, 0.2) is 99.3 Å². The highest BCUT2D eigenvalue weighted by molar-refractivity contribution is 9.10. The van der Waals surface area contributed by atoms with E-state index in [1.165, 1.54) is 48.5 Å². The molecule has 1 aromatic heterocycles. The molecule has 0 fully saturated rings.